The molecule has 3 heteroatoms. The number of hydrogen-bond donors (Lipinski definition) is 0. The largest absolute Gasteiger partial charge is 0.342 e. The third-order valence-corrected chi connectivity index (χ3v) is 3.02. The maximum atomic E-state index is 11.9. The Balaban J connectivity index is 3.04. The zero-order chi connectivity index (χ0) is 12.3. The summed E-state index contributed by atoms with van der Waals surface area (Å²) in [5, 5.41) is 0.538. The molecule has 0 bridgehead atoms. The molecule has 0 heterocycles. The first kappa shape index (κ1) is 13.0. The van der Waals surface area contributed by atoms with E-state index in [1.54, 1.807) is 11.9 Å². The number of carbonyl (C=O) groups excluding carboxylic acids is 1. The molecular weight excluding hydrogens is 222 g/mol. The fourth-order valence-electron chi connectivity index (χ4n) is 1.41. The van der Waals surface area contributed by atoms with Crippen molar-refractivity contribution in [3.63, 3.8) is 0 Å². The molecule has 0 saturated heterocycles. The highest BCUT2D eigenvalue weighted by Gasteiger charge is 2.14. The standard InChI is InChI=1S/C13H18ClNO/c1-5-15(4)13(16)11-7-6-10(9(2)3)8-12(11)14/h6-9H,5H2,1-4H3. The lowest BCUT2D eigenvalue weighted by atomic mass is 10.0. The summed E-state index contributed by atoms with van der Waals surface area (Å²) in [5.41, 5.74) is 1.73. The Morgan fingerprint density at radius 2 is 2.06 bits per heavy atom. The van der Waals surface area contributed by atoms with Crippen LogP contribution in [0, 0.1) is 0 Å². The first-order valence-corrected chi connectivity index (χ1v) is 5.90. The Hall–Kier alpha value is -1.02. The molecule has 0 atom stereocenters. The van der Waals surface area contributed by atoms with Crippen molar-refractivity contribution < 1.29 is 4.79 Å². The van der Waals surface area contributed by atoms with Crippen LogP contribution in [0.5, 0.6) is 0 Å². The van der Waals surface area contributed by atoms with Crippen LogP contribution in [0.2, 0.25) is 5.02 Å². The molecular formula is C13H18ClNO. The molecule has 0 spiro atoms. The lowest BCUT2D eigenvalue weighted by molar-refractivity contribution is 0.0802. The molecule has 0 aromatic heterocycles. The fraction of sp³-hybridized carbons (Fsp3) is 0.462. The van der Waals surface area contributed by atoms with Crippen molar-refractivity contribution in [3.05, 3.63) is 34.3 Å². The number of amides is 1. The third kappa shape index (κ3) is 2.76. The summed E-state index contributed by atoms with van der Waals surface area (Å²) < 4.78 is 0. The van der Waals surface area contributed by atoms with Gasteiger partial charge in [-0.15, -0.1) is 0 Å². The van der Waals surface area contributed by atoms with Gasteiger partial charge in [-0.05, 0) is 30.5 Å². The molecule has 1 rings (SSSR count). The van der Waals surface area contributed by atoms with Crippen molar-refractivity contribution in [1.82, 2.24) is 4.90 Å². The lowest BCUT2D eigenvalue weighted by Crippen LogP contribution is -2.26. The molecule has 2 nitrogen and oxygen atoms in total. The van der Waals surface area contributed by atoms with Crippen LogP contribution in [0.3, 0.4) is 0 Å². The fourth-order valence-corrected chi connectivity index (χ4v) is 1.68. The van der Waals surface area contributed by atoms with Gasteiger partial charge >= 0.3 is 0 Å². The van der Waals surface area contributed by atoms with Gasteiger partial charge in [-0.3, -0.25) is 4.79 Å². The van der Waals surface area contributed by atoms with E-state index in [9.17, 15) is 4.79 Å². The monoisotopic (exact) mass is 239 g/mol. The van der Waals surface area contributed by atoms with Gasteiger partial charge in [-0.2, -0.15) is 0 Å². The van der Waals surface area contributed by atoms with Crippen molar-refractivity contribution in [2.75, 3.05) is 13.6 Å². The zero-order valence-corrected chi connectivity index (χ0v) is 11.0. The second kappa shape index (κ2) is 5.35. The Labute approximate surface area is 102 Å². The summed E-state index contributed by atoms with van der Waals surface area (Å²) in [7, 11) is 1.77. The van der Waals surface area contributed by atoms with Crippen LogP contribution < -0.4 is 0 Å². The molecule has 88 valence electrons. The predicted molar refractivity (Wildman–Crippen MR) is 68.2 cm³/mol. The Morgan fingerprint density at radius 1 is 1.44 bits per heavy atom. The number of nitrogens with zero attached hydrogens (tertiary/aromatic N) is 1. The van der Waals surface area contributed by atoms with Crippen LogP contribution in [-0.2, 0) is 0 Å². The summed E-state index contributed by atoms with van der Waals surface area (Å²) >= 11 is 6.12. The molecule has 0 aliphatic rings. The molecule has 0 aliphatic carbocycles. The van der Waals surface area contributed by atoms with Gasteiger partial charge in [-0.25, -0.2) is 0 Å². The number of hydrogen-bond acceptors (Lipinski definition) is 1. The summed E-state index contributed by atoms with van der Waals surface area (Å²) in [6, 6.07) is 5.66. The number of carbonyl (C=O) groups is 1. The lowest BCUT2D eigenvalue weighted by Gasteiger charge is -2.16. The molecule has 16 heavy (non-hydrogen) atoms. The minimum absolute atomic E-state index is 0.0252. The number of benzene rings is 1. The van der Waals surface area contributed by atoms with Crippen molar-refractivity contribution in [2.24, 2.45) is 0 Å². The maximum Gasteiger partial charge on any atom is 0.255 e. The van der Waals surface area contributed by atoms with Gasteiger partial charge in [0.25, 0.3) is 5.91 Å². The quantitative estimate of drug-likeness (QED) is 0.790. The Bertz CT molecular complexity index is 388. The SMILES string of the molecule is CCN(C)C(=O)c1ccc(C(C)C)cc1Cl. The summed E-state index contributed by atoms with van der Waals surface area (Å²) in [4.78, 5) is 13.6. The van der Waals surface area contributed by atoms with Gasteiger partial charge in [0.2, 0.25) is 0 Å². The summed E-state index contributed by atoms with van der Waals surface area (Å²) in [6.07, 6.45) is 0. The summed E-state index contributed by atoms with van der Waals surface area (Å²) in [6.45, 7) is 6.83. The van der Waals surface area contributed by atoms with Gasteiger partial charge in [0.15, 0.2) is 0 Å². The smallest absolute Gasteiger partial charge is 0.255 e. The normalized spacial score (nSPS) is 10.6. The maximum absolute atomic E-state index is 11.9. The number of halogens is 1. The molecule has 1 amide bonds. The van der Waals surface area contributed by atoms with Crippen LogP contribution in [0.1, 0.15) is 42.6 Å². The van der Waals surface area contributed by atoms with E-state index in [0.717, 1.165) is 5.56 Å². The summed E-state index contributed by atoms with van der Waals surface area (Å²) in [5.74, 6) is 0.397. The van der Waals surface area contributed by atoms with Gasteiger partial charge < -0.3 is 4.90 Å². The van der Waals surface area contributed by atoms with Crippen LogP contribution in [0.4, 0.5) is 0 Å². The van der Waals surface area contributed by atoms with Gasteiger partial charge in [0.05, 0.1) is 10.6 Å². The van der Waals surface area contributed by atoms with Crippen LogP contribution >= 0.6 is 11.6 Å². The Morgan fingerprint density at radius 3 is 2.50 bits per heavy atom. The topological polar surface area (TPSA) is 20.3 Å². The molecule has 0 radical (unpaired) electrons. The van der Waals surface area contributed by atoms with Crippen molar-refractivity contribution in [1.29, 1.82) is 0 Å². The molecule has 1 aromatic carbocycles. The molecule has 0 unspecified atom stereocenters. The number of rotatable bonds is 3. The van der Waals surface area contributed by atoms with Gasteiger partial charge in [0.1, 0.15) is 0 Å². The highest BCUT2D eigenvalue weighted by atomic mass is 35.5. The van der Waals surface area contributed by atoms with Crippen LogP contribution in [0.25, 0.3) is 0 Å². The van der Waals surface area contributed by atoms with E-state index in [2.05, 4.69) is 13.8 Å². The van der Waals surface area contributed by atoms with Crippen molar-refractivity contribution in [2.45, 2.75) is 26.7 Å². The van der Waals surface area contributed by atoms with Crippen molar-refractivity contribution in [3.8, 4) is 0 Å². The highest BCUT2D eigenvalue weighted by molar-refractivity contribution is 6.33. The first-order chi connectivity index (χ1) is 7.47. The molecule has 0 saturated carbocycles. The van der Waals surface area contributed by atoms with E-state index in [-0.39, 0.29) is 5.91 Å². The van der Waals surface area contributed by atoms with E-state index >= 15 is 0 Å². The van der Waals surface area contributed by atoms with Gasteiger partial charge in [0, 0.05) is 13.6 Å². The first-order valence-electron chi connectivity index (χ1n) is 5.52. The van der Waals surface area contributed by atoms with E-state index in [4.69, 9.17) is 11.6 Å². The molecule has 1 aromatic rings. The highest BCUT2D eigenvalue weighted by Crippen LogP contribution is 2.23. The van der Waals surface area contributed by atoms with E-state index in [0.29, 0.717) is 23.0 Å². The molecule has 0 fully saturated rings. The average molecular weight is 240 g/mol. The zero-order valence-electron chi connectivity index (χ0n) is 10.2. The molecule has 0 N–H and O–H groups in total. The second-order valence-corrected chi connectivity index (χ2v) is 4.62. The molecule has 0 aliphatic heterocycles. The van der Waals surface area contributed by atoms with E-state index < -0.39 is 0 Å². The van der Waals surface area contributed by atoms with Crippen LogP contribution in [-0.4, -0.2) is 24.4 Å². The van der Waals surface area contributed by atoms with Gasteiger partial charge in [-0.1, -0.05) is 31.5 Å². The minimum atomic E-state index is -0.0252. The third-order valence-electron chi connectivity index (χ3n) is 2.71. The van der Waals surface area contributed by atoms with E-state index in [1.165, 1.54) is 0 Å². The van der Waals surface area contributed by atoms with E-state index in [1.807, 2.05) is 25.1 Å². The van der Waals surface area contributed by atoms with Crippen LogP contribution in [0.15, 0.2) is 18.2 Å². The average Bonchev–Trinajstić information content (AvgIpc) is 2.26. The second-order valence-electron chi connectivity index (χ2n) is 4.21. The predicted octanol–water partition coefficient (Wildman–Crippen LogP) is 3.56. The van der Waals surface area contributed by atoms with Crippen molar-refractivity contribution >= 4 is 17.5 Å². The Kier molecular flexibility index (Phi) is 4.36. The minimum Gasteiger partial charge on any atom is -0.342 e.